The molecule has 1 amide bonds. The second-order valence-electron chi connectivity index (χ2n) is 11.8. The highest BCUT2D eigenvalue weighted by Gasteiger charge is 2.31. The molecule has 0 bridgehead atoms. The number of benzene rings is 1. The van der Waals surface area contributed by atoms with Gasteiger partial charge in [0.1, 0.15) is 17.7 Å². The zero-order valence-corrected chi connectivity index (χ0v) is 24.0. The van der Waals surface area contributed by atoms with Gasteiger partial charge in [0, 0.05) is 41.2 Å². The summed E-state index contributed by atoms with van der Waals surface area (Å²) >= 11 is 0. The molecule has 2 heterocycles. The first kappa shape index (κ1) is 27.4. The number of hydrogen-bond acceptors (Lipinski definition) is 5. The molecule has 2 aromatic heterocycles. The van der Waals surface area contributed by atoms with E-state index in [0.717, 1.165) is 92.2 Å². The van der Waals surface area contributed by atoms with Crippen molar-refractivity contribution in [2.45, 2.75) is 90.4 Å². The predicted molar refractivity (Wildman–Crippen MR) is 155 cm³/mol. The third-order valence-corrected chi connectivity index (χ3v) is 8.67. The van der Waals surface area contributed by atoms with Crippen molar-refractivity contribution in [3.8, 4) is 17.0 Å². The van der Waals surface area contributed by atoms with E-state index in [0.29, 0.717) is 17.7 Å². The second-order valence-corrected chi connectivity index (χ2v) is 11.8. The minimum Gasteiger partial charge on any atom is -0.495 e. The Labute approximate surface area is 233 Å². The van der Waals surface area contributed by atoms with Gasteiger partial charge in [-0.3, -0.25) is 9.78 Å². The smallest absolute Gasteiger partial charge is 0.230 e. The lowest BCUT2D eigenvalue weighted by Crippen LogP contribution is -2.41. The van der Waals surface area contributed by atoms with Crippen LogP contribution >= 0.6 is 0 Å². The molecular weight excluding hydrogens is 486 g/mol. The van der Waals surface area contributed by atoms with E-state index in [1.807, 2.05) is 19.1 Å². The standard InChI is InChI=1S/C33H43N3O3/c1-22(2)32-35-30(21-39-32)27-11-8-12-28(19-27)36(33(37)26-9-6-5-7-10-26)20-24-13-15-25(16-14-24)29-17-18-31(38-4)23(3)34-29/h8,11-12,17-19,21-22,24-26H,5-7,9-10,13-16,20H2,1-4H3. The average molecular weight is 530 g/mol. The number of nitrogens with zero attached hydrogens (tertiary/aromatic N) is 3. The Morgan fingerprint density at radius 3 is 2.46 bits per heavy atom. The normalized spacial score (nSPS) is 20.2. The van der Waals surface area contributed by atoms with Crippen molar-refractivity contribution in [2.75, 3.05) is 18.6 Å². The largest absolute Gasteiger partial charge is 0.495 e. The molecule has 2 aliphatic rings. The molecule has 5 rings (SSSR count). The zero-order valence-electron chi connectivity index (χ0n) is 24.0. The molecule has 0 atom stereocenters. The maximum absolute atomic E-state index is 14.0. The summed E-state index contributed by atoms with van der Waals surface area (Å²) in [5, 5.41) is 0. The molecule has 3 aromatic rings. The average Bonchev–Trinajstić information content (AvgIpc) is 3.48. The van der Waals surface area contributed by atoms with E-state index >= 15 is 0 Å². The van der Waals surface area contributed by atoms with Gasteiger partial charge in [-0.05, 0) is 75.6 Å². The lowest BCUT2D eigenvalue weighted by Gasteiger charge is -2.35. The number of ether oxygens (including phenoxy) is 1. The van der Waals surface area contributed by atoms with Gasteiger partial charge in [0.15, 0.2) is 5.89 Å². The molecule has 6 heteroatoms. The van der Waals surface area contributed by atoms with E-state index in [1.165, 1.54) is 12.1 Å². The van der Waals surface area contributed by atoms with E-state index in [-0.39, 0.29) is 11.8 Å². The van der Waals surface area contributed by atoms with Crippen LogP contribution in [-0.4, -0.2) is 29.5 Å². The Hall–Kier alpha value is -3.15. The molecule has 6 nitrogen and oxygen atoms in total. The summed E-state index contributed by atoms with van der Waals surface area (Å²) < 4.78 is 11.1. The Bertz CT molecular complexity index is 1250. The number of aromatic nitrogens is 2. The molecule has 0 spiro atoms. The number of hydrogen-bond donors (Lipinski definition) is 0. The van der Waals surface area contributed by atoms with Crippen LogP contribution in [-0.2, 0) is 4.79 Å². The molecule has 2 aliphatic carbocycles. The monoisotopic (exact) mass is 529 g/mol. The summed E-state index contributed by atoms with van der Waals surface area (Å²) in [6, 6.07) is 12.5. The Morgan fingerprint density at radius 2 is 1.79 bits per heavy atom. The third-order valence-electron chi connectivity index (χ3n) is 8.67. The first-order valence-electron chi connectivity index (χ1n) is 14.8. The molecule has 2 saturated carbocycles. The van der Waals surface area contributed by atoms with Gasteiger partial charge in [-0.1, -0.05) is 45.2 Å². The van der Waals surface area contributed by atoms with Crippen molar-refractivity contribution in [3.05, 3.63) is 59.9 Å². The first-order chi connectivity index (χ1) is 18.9. The number of carbonyl (C=O) groups is 1. The van der Waals surface area contributed by atoms with E-state index in [1.54, 1.807) is 13.4 Å². The van der Waals surface area contributed by atoms with Crippen LogP contribution in [0, 0.1) is 18.8 Å². The highest BCUT2D eigenvalue weighted by Crippen LogP contribution is 2.38. The maximum Gasteiger partial charge on any atom is 0.230 e. The molecule has 0 aliphatic heterocycles. The number of methoxy groups -OCH3 is 1. The van der Waals surface area contributed by atoms with E-state index in [9.17, 15) is 4.79 Å². The lowest BCUT2D eigenvalue weighted by molar-refractivity contribution is -0.123. The minimum absolute atomic E-state index is 0.129. The number of amides is 1. The molecule has 0 N–H and O–H groups in total. The van der Waals surface area contributed by atoms with Crippen LogP contribution in [0.15, 0.2) is 47.1 Å². The topological polar surface area (TPSA) is 68.5 Å². The molecule has 39 heavy (non-hydrogen) atoms. The van der Waals surface area contributed by atoms with E-state index < -0.39 is 0 Å². The molecular formula is C33H43N3O3. The van der Waals surface area contributed by atoms with Gasteiger partial charge in [-0.2, -0.15) is 0 Å². The van der Waals surface area contributed by atoms with Crippen molar-refractivity contribution in [3.63, 3.8) is 0 Å². The van der Waals surface area contributed by atoms with Crippen LogP contribution in [0.2, 0.25) is 0 Å². The third kappa shape index (κ3) is 6.37. The number of anilines is 1. The first-order valence-corrected chi connectivity index (χ1v) is 14.8. The summed E-state index contributed by atoms with van der Waals surface area (Å²) in [5.74, 6) is 3.20. The van der Waals surface area contributed by atoms with Crippen molar-refractivity contribution < 1.29 is 13.9 Å². The molecule has 0 unspecified atom stereocenters. The number of pyridine rings is 1. The lowest BCUT2D eigenvalue weighted by atomic mass is 9.79. The zero-order chi connectivity index (χ0) is 27.4. The highest BCUT2D eigenvalue weighted by molar-refractivity contribution is 5.95. The van der Waals surface area contributed by atoms with Gasteiger partial charge in [-0.25, -0.2) is 4.98 Å². The Balaban J connectivity index is 1.33. The summed E-state index contributed by atoms with van der Waals surface area (Å²) in [4.78, 5) is 25.6. The molecule has 2 fully saturated rings. The number of aryl methyl sites for hydroxylation is 1. The molecule has 0 radical (unpaired) electrons. The second kappa shape index (κ2) is 12.4. The van der Waals surface area contributed by atoms with Gasteiger partial charge in [0.25, 0.3) is 0 Å². The van der Waals surface area contributed by atoms with Crippen molar-refractivity contribution in [1.82, 2.24) is 9.97 Å². The van der Waals surface area contributed by atoms with E-state index in [4.69, 9.17) is 19.1 Å². The van der Waals surface area contributed by atoms with Gasteiger partial charge >= 0.3 is 0 Å². The SMILES string of the molecule is COc1ccc(C2CCC(CN(C(=O)C3CCCCC3)c3cccc(-c4coc(C(C)C)n4)c3)CC2)nc1C. The van der Waals surface area contributed by atoms with Gasteiger partial charge in [0.05, 0.1) is 12.8 Å². The Morgan fingerprint density at radius 1 is 1.03 bits per heavy atom. The van der Waals surface area contributed by atoms with Crippen LogP contribution in [0.4, 0.5) is 5.69 Å². The van der Waals surface area contributed by atoms with Crippen molar-refractivity contribution >= 4 is 11.6 Å². The summed E-state index contributed by atoms with van der Waals surface area (Å²) in [6.07, 6.45) is 11.7. The van der Waals surface area contributed by atoms with Gasteiger partial charge in [-0.15, -0.1) is 0 Å². The van der Waals surface area contributed by atoms with Crippen LogP contribution < -0.4 is 9.64 Å². The fourth-order valence-corrected chi connectivity index (χ4v) is 6.32. The molecule has 208 valence electrons. The van der Waals surface area contributed by atoms with Crippen LogP contribution in [0.3, 0.4) is 0 Å². The number of carbonyl (C=O) groups excluding carboxylic acids is 1. The van der Waals surface area contributed by atoms with Gasteiger partial charge in [0.2, 0.25) is 5.91 Å². The Kier molecular flexibility index (Phi) is 8.69. The maximum atomic E-state index is 14.0. The highest BCUT2D eigenvalue weighted by atomic mass is 16.5. The number of rotatable bonds is 8. The van der Waals surface area contributed by atoms with Gasteiger partial charge < -0.3 is 14.1 Å². The van der Waals surface area contributed by atoms with Crippen LogP contribution in [0.25, 0.3) is 11.3 Å². The quantitative estimate of drug-likeness (QED) is 0.295. The van der Waals surface area contributed by atoms with Crippen LogP contribution in [0.1, 0.15) is 101 Å². The fourth-order valence-electron chi connectivity index (χ4n) is 6.32. The summed E-state index contributed by atoms with van der Waals surface area (Å²) in [6.45, 7) is 6.95. The molecule has 1 aromatic carbocycles. The predicted octanol–water partition coefficient (Wildman–Crippen LogP) is 8.06. The van der Waals surface area contributed by atoms with Crippen LogP contribution in [0.5, 0.6) is 5.75 Å². The molecule has 0 saturated heterocycles. The fraction of sp³-hybridized carbons (Fsp3) is 0.545. The van der Waals surface area contributed by atoms with E-state index in [2.05, 4.69) is 43.0 Å². The minimum atomic E-state index is 0.129. The number of oxazole rings is 1. The summed E-state index contributed by atoms with van der Waals surface area (Å²) in [5.41, 5.74) is 4.92. The van der Waals surface area contributed by atoms with Crippen molar-refractivity contribution in [2.24, 2.45) is 11.8 Å². The summed E-state index contributed by atoms with van der Waals surface area (Å²) in [7, 11) is 1.69. The van der Waals surface area contributed by atoms with Crippen molar-refractivity contribution in [1.29, 1.82) is 0 Å².